The molecule has 136 valence electrons. The lowest BCUT2D eigenvalue weighted by atomic mass is 10.2. The summed E-state index contributed by atoms with van der Waals surface area (Å²) in [7, 11) is 1.45. The van der Waals surface area contributed by atoms with Crippen LogP contribution in [0, 0.1) is 18.3 Å². The second kappa shape index (κ2) is 8.38. The maximum atomic E-state index is 12.7. The van der Waals surface area contributed by atoms with E-state index >= 15 is 0 Å². The molecule has 0 N–H and O–H groups in total. The molecule has 0 bridgehead atoms. The third-order valence-corrected chi connectivity index (χ3v) is 4.60. The summed E-state index contributed by atoms with van der Waals surface area (Å²) in [6.45, 7) is 1.72. The van der Waals surface area contributed by atoms with Gasteiger partial charge in [0.25, 0.3) is 0 Å². The van der Waals surface area contributed by atoms with Gasteiger partial charge < -0.3 is 14.0 Å². The van der Waals surface area contributed by atoms with E-state index in [4.69, 9.17) is 19.3 Å². The molecule has 1 heterocycles. The third-order valence-electron chi connectivity index (χ3n) is 3.53. The molecule has 0 spiro atoms. The van der Waals surface area contributed by atoms with Gasteiger partial charge in [-0.1, -0.05) is 17.3 Å². The molecule has 1 aromatic heterocycles. The Morgan fingerprint density at radius 2 is 2.07 bits per heavy atom. The van der Waals surface area contributed by atoms with Crippen LogP contribution in [0.15, 0.2) is 51.9 Å². The first kappa shape index (κ1) is 18.5. The molecule has 0 saturated carbocycles. The van der Waals surface area contributed by atoms with Crippen LogP contribution in [0.2, 0.25) is 0 Å². The fourth-order valence-corrected chi connectivity index (χ4v) is 3.16. The number of carbonyl (C=O) groups excluding carboxylic acids is 1. The van der Waals surface area contributed by atoms with Crippen molar-refractivity contribution in [1.82, 2.24) is 10.1 Å². The molecule has 0 saturated heterocycles. The van der Waals surface area contributed by atoms with E-state index in [1.54, 1.807) is 25.1 Å². The van der Waals surface area contributed by atoms with Gasteiger partial charge in [0.15, 0.2) is 17.3 Å². The first-order chi connectivity index (χ1) is 13.1. The van der Waals surface area contributed by atoms with Gasteiger partial charge in [-0.15, -0.1) is 11.8 Å². The predicted molar refractivity (Wildman–Crippen MR) is 97.7 cm³/mol. The summed E-state index contributed by atoms with van der Waals surface area (Å²) < 4.78 is 15.6. The van der Waals surface area contributed by atoms with Crippen molar-refractivity contribution < 1.29 is 18.8 Å². The highest BCUT2D eigenvalue weighted by Gasteiger charge is 2.17. The van der Waals surface area contributed by atoms with Gasteiger partial charge in [-0.3, -0.25) is 0 Å². The van der Waals surface area contributed by atoms with E-state index in [1.165, 1.54) is 31.0 Å². The monoisotopic (exact) mass is 381 g/mol. The molecule has 3 aromatic rings. The Morgan fingerprint density at radius 3 is 2.78 bits per heavy atom. The minimum atomic E-state index is -0.523. The zero-order valence-electron chi connectivity index (χ0n) is 14.6. The minimum absolute atomic E-state index is 0.245. The average molecular weight is 381 g/mol. The van der Waals surface area contributed by atoms with Crippen molar-refractivity contribution in [2.75, 3.05) is 7.11 Å². The van der Waals surface area contributed by atoms with Crippen molar-refractivity contribution in [3.05, 3.63) is 65.3 Å². The highest BCUT2D eigenvalue weighted by molar-refractivity contribution is 7.98. The van der Waals surface area contributed by atoms with Gasteiger partial charge in [0.1, 0.15) is 0 Å². The maximum Gasteiger partial charge on any atom is 0.344 e. The summed E-state index contributed by atoms with van der Waals surface area (Å²) in [6.07, 6.45) is 0. The molecule has 0 unspecified atom stereocenters. The Kier molecular flexibility index (Phi) is 5.74. The van der Waals surface area contributed by atoms with E-state index in [2.05, 4.69) is 10.1 Å². The van der Waals surface area contributed by atoms with Gasteiger partial charge in [-0.05, 0) is 24.3 Å². The molecule has 7 nitrogen and oxygen atoms in total. The number of esters is 1. The molecule has 3 rings (SSSR count). The minimum Gasteiger partial charge on any atom is -0.493 e. The summed E-state index contributed by atoms with van der Waals surface area (Å²) in [6, 6.07) is 13.7. The van der Waals surface area contributed by atoms with E-state index < -0.39 is 5.97 Å². The van der Waals surface area contributed by atoms with Crippen molar-refractivity contribution >= 4 is 17.7 Å². The number of nitrogens with zero attached hydrogens (tertiary/aromatic N) is 3. The SMILES string of the molecule is COc1cc(C#N)ccc1OC(=O)c1ccccc1SCc1noc(C)n1. The fraction of sp³-hybridized carbons (Fsp3) is 0.158. The van der Waals surface area contributed by atoms with Gasteiger partial charge in [0, 0.05) is 17.9 Å². The Hall–Kier alpha value is -3.31. The molecule has 0 fully saturated rings. The lowest BCUT2D eigenvalue weighted by Gasteiger charge is -2.11. The molecular formula is C19H15N3O4S. The van der Waals surface area contributed by atoms with Crippen LogP contribution in [0.1, 0.15) is 27.6 Å². The van der Waals surface area contributed by atoms with Crippen molar-refractivity contribution in [3.63, 3.8) is 0 Å². The van der Waals surface area contributed by atoms with Gasteiger partial charge in [-0.25, -0.2) is 4.79 Å². The number of methoxy groups -OCH3 is 1. The molecule has 27 heavy (non-hydrogen) atoms. The van der Waals surface area contributed by atoms with Gasteiger partial charge >= 0.3 is 5.97 Å². The number of nitriles is 1. The van der Waals surface area contributed by atoms with Crippen LogP contribution in [0.4, 0.5) is 0 Å². The van der Waals surface area contributed by atoms with Crippen LogP contribution >= 0.6 is 11.8 Å². The van der Waals surface area contributed by atoms with Crippen molar-refractivity contribution in [2.45, 2.75) is 17.6 Å². The van der Waals surface area contributed by atoms with E-state index in [-0.39, 0.29) is 5.75 Å². The Morgan fingerprint density at radius 1 is 1.26 bits per heavy atom. The lowest BCUT2D eigenvalue weighted by molar-refractivity contribution is 0.0726. The summed E-state index contributed by atoms with van der Waals surface area (Å²) in [5.41, 5.74) is 0.826. The first-order valence-electron chi connectivity index (χ1n) is 7.92. The number of rotatable bonds is 6. The van der Waals surface area contributed by atoms with Crippen LogP contribution in [-0.2, 0) is 5.75 Å². The molecule has 0 amide bonds. The van der Waals surface area contributed by atoms with Crippen molar-refractivity contribution in [2.24, 2.45) is 0 Å². The number of hydrogen-bond acceptors (Lipinski definition) is 8. The third kappa shape index (κ3) is 4.46. The number of carbonyl (C=O) groups is 1. The zero-order valence-corrected chi connectivity index (χ0v) is 15.4. The van der Waals surface area contributed by atoms with E-state index in [0.29, 0.717) is 34.3 Å². The predicted octanol–water partition coefficient (Wildman–Crippen LogP) is 3.77. The summed E-state index contributed by atoms with van der Waals surface area (Å²) in [5, 5.41) is 12.8. The number of aromatic nitrogens is 2. The van der Waals surface area contributed by atoms with Crippen LogP contribution in [0.3, 0.4) is 0 Å². The van der Waals surface area contributed by atoms with Gasteiger partial charge in [0.05, 0.1) is 30.1 Å². The number of benzene rings is 2. The summed E-state index contributed by atoms with van der Waals surface area (Å²) in [5.74, 6) is 1.54. The number of aryl methyl sites for hydroxylation is 1. The number of ether oxygens (including phenoxy) is 2. The Labute approximate surface area is 159 Å². The Balaban J connectivity index is 1.78. The molecule has 0 aliphatic heterocycles. The Bertz CT molecular complexity index is 1010. The zero-order chi connectivity index (χ0) is 19.2. The number of thioether (sulfide) groups is 1. The first-order valence-corrected chi connectivity index (χ1v) is 8.90. The molecule has 0 aliphatic rings. The molecule has 0 radical (unpaired) electrons. The smallest absolute Gasteiger partial charge is 0.344 e. The van der Waals surface area contributed by atoms with Crippen LogP contribution in [-0.4, -0.2) is 23.2 Å². The fourth-order valence-electron chi connectivity index (χ4n) is 2.28. The van der Waals surface area contributed by atoms with Crippen molar-refractivity contribution in [1.29, 1.82) is 5.26 Å². The normalized spacial score (nSPS) is 10.3. The highest BCUT2D eigenvalue weighted by atomic mass is 32.2. The molecule has 2 aromatic carbocycles. The van der Waals surface area contributed by atoms with Gasteiger partial charge in [-0.2, -0.15) is 10.2 Å². The molecule has 0 atom stereocenters. The van der Waals surface area contributed by atoms with Crippen molar-refractivity contribution in [3.8, 4) is 17.6 Å². The van der Waals surface area contributed by atoms with E-state index in [1.807, 2.05) is 18.2 Å². The lowest BCUT2D eigenvalue weighted by Crippen LogP contribution is -2.10. The average Bonchev–Trinajstić information content (AvgIpc) is 3.12. The van der Waals surface area contributed by atoms with Gasteiger partial charge in [0.2, 0.25) is 5.89 Å². The topological polar surface area (TPSA) is 98.2 Å². The maximum absolute atomic E-state index is 12.7. The molecule has 8 heteroatoms. The highest BCUT2D eigenvalue weighted by Crippen LogP contribution is 2.31. The largest absolute Gasteiger partial charge is 0.493 e. The quantitative estimate of drug-likeness (QED) is 0.361. The van der Waals surface area contributed by atoms with E-state index in [9.17, 15) is 4.79 Å². The standard InChI is InChI=1S/C19H15N3O4S/c1-12-21-18(22-26-12)11-27-17-6-4-3-5-14(17)19(23)25-15-8-7-13(10-20)9-16(15)24-2/h3-9H,11H2,1-2H3. The van der Waals surface area contributed by atoms with Crippen LogP contribution in [0.25, 0.3) is 0 Å². The van der Waals surface area contributed by atoms with Crippen LogP contribution in [0.5, 0.6) is 11.5 Å². The number of hydrogen-bond donors (Lipinski definition) is 0. The summed E-state index contributed by atoms with van der Waals surface area (Å²) >= 11 is 1.41. The second-order valence-electron chi connectivity index (χ2n) is 5.38. The summed E-state index contributed by atoms with van der Waals surface area (Å²) in [4.78, 5) is 17.6. The van der Waals surface area contributed by atoms with E-state index in [0.717, 1.165) is 4.90 Å². The molecule has 0 aliphatic carbocycles. The van der Waals surface area contributed by atoms with Crippen LogP contribution < -0.4 is 9.47 Å². The second-order valence-corrected chi connectivity index (χ2v) is 6.40. The molecular weight excluding hydrogens is 366 g/mol.